The molecule has 4 rings (SSSR count). The third-order valence-electron chi connectivity index (χ3n) is 7.06. The van der Waals surface area contributed by atoms with E-state index in [4.69, 9.17) is 9.52 Å². The van der Waals surface area contributed by atoms with Gasteiger partial charge in [-0.3, -0.25) is 14.4 Å². The van der Waals surface area contributed by atoms with E-state index >= 15 is 0 Å². The lowest BCUT2D eigenvalue weighted by Crippen LogP contribution is -2.46. The highest BCUT2D eigenvalue weighted by molar-refractivity contribution is 5.96. The van der Waals surface area contributed by atoms with Crippen LogP contribution in [0.25, 0.3) is 11.0 Å². The van der Waals surface area contributed by atoms with Gasteiger partial charge in [-0.2, -0.15) is 0 Å². The highest BCUT2D eigenvalue weighted by Gasteiger charge is 2.38. The molecule has 5 N–H and O–H groups in total. The predicted molar refractivity (Wildman–Crippen MR) is 138 cm³/mol. The summed E-state index contributed by atoms with van der Waals surface area (Å²) >= 11 is 0. The molecular weight excluding hydrogens is 510 g/mol. The van der Waals surface area contributed by atoms with Gasteiger partial charge in [0.25, 0.3) is 0 Å². The van der Waals surface area contributed by atoms with Crippen LogP contribution in [-0.4, -0.2) is 54.4 Å². The molecule has 1 aliphatic rings. The van der Waals surface area contributed by atoms with Gasteiger partial charge in [-0.1, -0.05) is 24.5 Å². The molecule has 0 radical (unpaired) electrons. The number of fused-ring (bicyclic) bond motifs is 1. The fourth-order valence-electron chi connectivity index (χ4n) is 5.17. The van der Waals surface area contributed by atoms with Crippen LogP contribution in [0, 0.1) is 6.92 Å². The average molecular weight is 542 g/mol. The zero-order chi connectivity index (χ0) is 28.3. The SMILES string of the molecule is CC(=O)NC1(c2cn(C(CC(O)O)C(=O)Nc3ccc4c(C)c(CC(=O)O)c(=O)oc4c3)nn2)CCCCC1. The minimum Gasteiger partial charge on any atom is -0.481 e. The zero-order valence-electron chi connectivity index (χ0n) is 21.6. The van der Waals surface area contributed by atoms with Crippen LogP contribution in [0.4, 0.5) is 5.69 Å². The van der Waals surface area contributed by atoms with Gasteiger partial charge in [0.1, 0.15) is 17.3 Å². The minimum atomic E-state index is -1.82. The van der Waals surface area contributed by atoms with Crippen molar-refractivity contribution in [2.75, 3.05) is 5.32 Å². The molecule has 208 valence electrons. The topological polar surface area (TPSA) is 197 Å². The van der Waals surface area contributed by atoms with Crippen molar-refractivity contribution < 1.29 is 34.1 Å². The van der Waals surface area contributed by atoms with E-state index in [0.717, 1.165) is 19.3 Å². The Morgan fingerprint density at radius 3 is 2.54 bits per heavy atom. The summed E-state index contributed by atoms with van der Waals surface area (Å²) in [6, 6.07) is 3.43. The summed E-state index contributed by atoms with van der Waals surface area (Å²) in [5.74, 6) is -1.99. The van der Waals surface area contributed by atoms with Gasteiger partial charge in [0, 0.05) is 30.5 Å². The Labute approximate surface area is 222 Å². The summed E-state index contributed by atoms with van der Waals surface area (Å²) in [6.45, 7) is 3.05. The Bertz CT molecular complexity index is 1450. The van der Waals surface area contributed by atoms with Gasteiger partial charge in [0.2, 0.25) is 11.8 Å². The number of aliphatic hydroxyl groups is 2. The molecule has 1 unspecified atom stereocenters. The van der Waals surface area contributed by atoms with Crippen molar-refractivity contribution in [3.8, 4) is 0 Å². The highest BCUT2D eigenvalue weighted by atomic mass is 16.5. The molecule has 2 aromatic heterocycles. The van der Waals surface area contributed by atoms with E-state index < -0.39 is 41.8 Å². The number of amides is 2. The standard InChI is InChI=1S/C26H31N5O8/c1-14-17-7-6-16(10-20(17)39-25(38)18(14)11-22(33)34)27-24(37)19(12-23(35)36)31-13-21(29-30-31)26(28-15(2)32)8-4-3-5-9-26/h6-7,10,13,19,23,35-36H,3-5,8-9,11-12H2,1-2H3,(H,27,37)(H,28,32)(H,33,34). The molecule has 0 spiro atoms. The van der Waals surface area contributed by atoms with E-state index in [2.05, 4.69) is 20.9 Å². The van der Waals surface area contributed by atoms with Crippen LogP contribution in [0.5, 0.6) is 0 Å². The maximum atomic E-state index is 13.3. The monoisotopic (exact) mass is 541 g/mol. The van der Waals surface area contributed by atoms with Gasteiger partial charge in [-0.15, -0.1) is 5.10 Å². The predicted octanol–water partition coefficient (Wildman–Crippen LogP) is 1.50. The van der Waals surface area contributed by atoms with Crippen LogP contribution in [0.3, 0.4) is 0 Å². The van der Waals surface area contributed by atoms with Gasteiger partial charge in [0.15, 0.2) is 6.29 Å². The number of benzene rings is 1. The summed E-state index contributed by atoms with van der Waals surface area (Å²) in [6.07, 6.45) is 3.01. The van der Waals surface area contributed by atoms with Crippen molar-refractivity contribution in [3.63, 3.8) is 0 Å². The maximum absolute atomic E-state index is 13.3. The van der Waals surface area contributed by atoms with E-state index in [1.165, 1.54) is 17.7 Å². The van der Waals surface area contributed by atoms with Crippen molar-refractivity contribution in [3.05, 3.63) is 51.6 Å². The van der Waals surface area contributed by atoms with Crippen LogP contribution in [-0.2, 0) is 26.3 Å². The van der Waals surface area contributed by atoms with E-state index in [0.29, 0.717) is 29.5 Å². The Hall–Kier alpha value is -4.10. The van der Waals surface area contributed by atoms with Crippen molar-refractivity contribution >= 4 is 34.4 Å². The van der Waals surface area contributed by atoms with E-state index in [1.54, 1.807) is 25.3 Å². The van der Waals surface area contributed by atoms with Crippen molar-refractivity contribution in [2.45, 2.75) is 76.7 Å². The summed E-state index contributed by atoms with van der Waals surface area (Å²) in [5.41, 5.74) is -0.0778. The molecule has 2 heterocycles. The number of hydrogen-bond donors (Lipinski definition) is 5. The molecular formula is C26H31N5O8. The average Bonchev–Trinajstić information content (AvgIpc) is 3.36. The second kappa shape index (κ2) is 11.3. The molecule has 1 aromatic carbocycles. The van der Waals surface area contributed by atoms with Gasteiger partial charge in [0.05, 0.1) is 23.7 Å². The largest absolute Gasteiger partial charge is 0.481 e. The second-order valence-corrected chi connectivity index (χ2v) is 9.90. The number of nitrogens with zero attached hydrogens (tertiary/aromatic N) is 3. The summed E-state index contributed by atoms with van der Waals surface area (Å²) in [7, 11) is 0. The number of carbonyl (C=O) groups excluding carboxylic acids is 2. The van der Waals surface area contributed by atoms with Crippen molar-refractivity contribution in [1.82, 2.24) is 20.3 Å². The molecule has 0 aliphatic heterocycles. The van der Waals surface area contributed by atoms with Crippen molar-refractivity contribution in [1.29, 1.82) is 0 Å². The lowest BCUT2D eigenvalue weighted by atomic mass is 9.79. The number of hydrogen-bond acceptors (Lipinski definition) is 9. The molecule has 1 atom stereocenters. The lowest BCUT2D eigenvalue weighted by Gasteiger charge is -2.36. The molecule has 2 amide bonds. The Morgan fingerprint density at radius 2 is 1.90 bits per heavy atom. The number of aromatic nitrogens is 3. The van der Waals surface area contributed by atoms with Gasteiger partial charge < -0.3 is 30.4 Å². The smallest absolute Gasteiger partial charge is 0.340 e. The van der Waals surface area contributed by atoms with Crippen LogP contribution >= 0.6 is 0 Å². The number of aryl methyl sites for hydroxylation is 1. The lowest BCUT2D eigenvalue weighted by molar-refractivity contribution is -0.136. The van der Waals surface area contributed by atoms with E-state index in [1.807, 2.05) is 0 Å². The zero-order valence-corrected chi connectivity index (χ0v) is 21.6. The van der Waals surface area contributed by atoms with Crippen LogP contribution in [0.2, 0.25) is 0 Å². The summed E-state index contributed by atoms with van der Waals surface area (Å²) in [5, 5.41) is 42.9. The van der Waals surface area contributed by atoms with Gasteiger partial charge in [-0.05, 0) is 37.5 Å². The third kappa shape index (κ3) is 6.15. The molecule has 1 saturated carbocycles. The maximum Gasteiger partial charge on any atom is 0.340 e. The first-order valence-corrected chi connectivity index (χ1v) is 12.7. The summed E-state index contributed by atoms with van der Waals surface area (Å²) in [4.78, 5) is 48.7. The number of anilines is 1. The highest BCUT2D eigenvalue weighted by Crippen LogP contribution is 2.36. The normalized spacial score (nSPS) is 15.7. The number of carbonyl (C=O) groups is 3. The third-order valence-corrected chi connectivity index (χ3v) is 7.06. The fraction of sp³-hybridized carbons (Fsp3) is 0.462. The molecule has 0 saturated heterocycles. The first kappa shape index (κ1) is 27.9. The van der Waals surface area contributed by atoms with Crippen LogP contribution in [0.1, 0.15) is 68.3 Å². The van der Waals surface area contributed by atoms with Crippen LogP contribution in [0.15, 0.2) is 33.6 Å². The first-order valence-electron chi connectivity index (χ1n) is 12.7. The molecule has 1 aliphatic carbocycles. The Balaban J connectivity index is 1.62. The second-order valence-electron chi connectivity index (χ2n) is 9.90. The number of nitrogens with one attached hydrogen (secondary N) is 2. The van der Waals surface area contributed by atoms with Gasteiger partial charge in [-0.25, -0.2) is 9.48 Å². The molecule has 0 bridgehead atoms. The molecule has 13 heteroatoms. The van der Waals surface area contributed by atoms with Crippen molar-refractivity contribution in [2.24, 2.45) is 0 Å². The number of rotatable bonds is 9. The quantitative estimate of drug-likeness (QED) is 0.195. The molecule has 3 aromatic rings. The summed E-state index contributed by atoms with van der Waals surface area (Å²) < 4.78 is 6.55. The number of carboxylic acids is 1. The Kier molecular flexibility index (Phi) is 8.11. The molecule has 1 fully saturated rings. The van der Waals surface area contributed by atoms with E-state index in [-0.39, 0.29) is 29.2 Å². The molecule has 13 nitrogen and oxygen atoms in total. The molecule has 39 heavy (non-hydrogen) atoms. The minimum absolute atomic E-state index is 0.0424. The van der Waals surface area contributed by atoms with E-state index in [9.17, 15) is 29.4 Å². The first-order chi connectivity index (χ1) is 18.5. The van der Waals surface area contributed by atoms with Crippen LogP contribution < -0.4 is 16.3 Å². The Morgan fingerprint density at radius 1 is 1.18 bits per heavy atom. The number of aliphatic hydroxyl groups excluding tert-OH is 1. The fourth-order valence-corrected chi connectivity index (χ4v) is 5.17. The number of carboxylic acid groups (broad SMARTS) is 1. The van der Waals surface area contributed by atoms with Gasteiger partial charge >= 0.3 is 11.6 Å². The number of aliphatic carboxylic acids is 1.